The number of ether oxygens (including phenoxy) is 3. The molecule has 3 heterocycles. The number of aryl methyl sites for hydroxylation is 2. The third-order valence-corrected chi connectivity index (χ3v) is 8.43. The molecule has 6 aromatic rings. The number of hydrogen-bond donors (Lipinski definition) is 1. The molecular formula is C37H34N4O6S. The van der Waals surface area contributed by atoms with E-state index in [1.807, 2.05) is 85.2 Å². The summed E-state index contributed by atoms with van der Waals surface area (Å²) in [5, 5.41) is 17.0. The predicted octanol–water partition coefficient (Wildman–Crippen LogP) is 7.82. The van der Waals surface area contributed by atoms with E-state index in [0.717, 1.165) is 33.9 Å². The number of benzene rings is 3. The number of aromatic nitrogens is 4. The number of hydrogen-bond acceptors (Lipinski definition) is 9. The number of para-hydroxylation sites is 1. The van der Waals surface area contributed by atoms with Gasteiger partial charge in [-0.2, -0.15) is 0 Å². The van der Waals surface area contributed by atoms with Gasteiger partial charge in [-0.15, -0.1) is 16.4 Å². The van der Waals surface area contributed by atoms with Gasteiger partial charge in [0.05, 0.1) is 35.5 Å². The Morgan fingerprint density at radius 2 is 1.81 bits per heavy atom. The largest absolute Gasteiger partial charge is 0.493 e. The van der Waals surface area contributed by atoms with Gasteiger partial charge in [-0.25, -0.2) is 14.6 Å². The van der Waals surface area contributed by atoms with Crippen molar-refractivity contribution in [3.8, 4) is 34.5 Å². The number of methoxy groups -OCH3 is 1. The molecule has 11 heteroatoms. The number of thiazole rings is 1. The first-order chi connectivity index (χ1) is 23.4. The van der Waals surface area contributed by atoms with Crippen molar-refractivity contribution in [3.05, 3.63) is 123 Å². The van der Waals surface area contributed by atoms with Crippen molar-refractivity contribution in [2.45, 2.75) is 39.9 Å². The molecule has 0 aliphatic carbocycles. The molecule has 1 N–H and O–H groups in total. The predicted molar refractivity (Wildman–Crippen MR) is 184 cm³/mol. The third-order valence-electron chi connectivity index (χ3n) is 7.42. The van der Waals surface area contributed by atoms with Gasteiger partial charge in [0.25, 0.3) is 0 Å². The molecule has 3 aromatic carbocycles. The van der Waals surface area contributed by atoms with E-state index in [2.05, 4.69) is 16.9 Å². The summed E-state index contributed by atoms with van der Waals surface area (Å²) in [4.78, 5) is 20.4. The van der Waals surface area contributed by atoms with E-state index in [4.69, 9.17) is 28.8 Å². The Morgan fingerprint density at radius 3 is 2.58 bits per heavy atom. The van der Waals surface area contributed by atoms with Crippen LogP contribution in [-0.4, -0.2) is 37.9 Å². The van der Waals surface area contributed by atoms with E-state index >= 15 is 0 Å². The summed E-state index contributed by atoms with van der Waals surface area (Å²) >= 11 is 1.65. The summed E-state index contributed by atoms with van der Waals surface area (Å²) < 4.78 is 25.7. The molecule has 48 heavy (non-hydrogen) atoms. The summed E-state index contributed by atoms with van der Waals surface area (Å²) in [6, 6.07) is 22.6. The van der Waals surface area contributed by atoms with Crippen LogP contribution in [0.5, 0.6) is 17.4 Å². The van der Waals surface area contributed by atoms with Crippen LogP contribution in [0.3, 0.4) is 0 Å². The minimum absolute atomic E-state index is 0.0768. The van der Waals surface area contributed by atoms with Gasteiger partial charge in [0.15, 0.2) is 11.5 Å². The van der Waals surface area contributed by atoms with E-state index in [1.54, 1.807) is 41.3 Å². The number of aliphatic carboxylic acids is 1. The summed E-state index contributed by atoms with van der Waals surface area (Å²) in [6.45, 7) is 4.32. The SMILES string of the molecule is CCc1nc(C=Cc2cn(-c3ccccc3)nc2OCc2ccc(OCc3nc(-c4cccc(CC(=O)O)c4)oc3C)c(OC)c2)cs1. The number of oxazole rings is 1. The van der Waals surface area contributed by atoms with Crippen LogP contribution in [0.15, 0.2) is 88.8 Å². The number of nitrogens with zero attached hydrogens (tertiary/aromatic N) is 4. The van der Waals surface area contributed by atoms with E-state index in [9.17, 15) is 4.79 Å². The van der Waals surface area contributed by atoms with Crippen LogP contribution in [0.4, 0.5) is 0 Å². The normalized spacial score (nSPS) is 11.2. The Bertz CT molecular complexity index is 2050. The molecule has 0 atom stereocenters. The fourth-order valence-electron chi connectivity index (χ4n) is 4.94. The molecule has 3 aromatic heterocycles. The van der Waals surface area contributed by atoms with Crippen LogP contribution in [0.1, 0.15) is 45.8 Å². The topological polar surface area (TPSA) is 122 Å². The van der Waals surface area contributed by atoms with Crippen LogP contribution >= 0.6 is 11.3 Å². The maximum Gasteiger partial charge on any atom is 0.307 e. The minimum Gasteiger partial charge on any atom is -0.493 e. The Balaban J connectivity index is 1.15. The molecule has 0 spiro atoms. The average molecular weight is 663 g/mol. The van der Waals surface area contributed by atoms with Crippen molar-refractivity contribution in [1.29, 1.82) is 0 Å². The van der Waals surface area contributed by atoms with Crippen molar-refractivity contribution in [1.82, 2.24) is 19.7 Å². The van der Waals surface area contributed by atoms with E-state index in [1.165, 1.54) is 0 Å². The second-order valence-electron chi connectivity index (χ2n) is 10.9. The standard InChI is InChI=1S/C37H34N4O6S/c1-4-34-38-29(23-48-34)15-14-28-20-41(30-11-6-5-7-12-30)40-37(28)46-21-26-13-16-32(33(18-26)44-3)45-22-31-24(2)47-36(39-31)27-10-8-9-25(17-27)19-35(42)43/h5-18,20,23H,4,19,21-22H2,1-3H3,(H,42,43). The fourth-order valence-corrected chi connectivity index (χ4v) is 5.66. The van der Waals surface area contributed by atoms with Crippen LogP contribution in [0.2, 0.25) is 0 Å². The zero-order valence-corrected chi connectivity index (χ0v) is 27.6. The van der Waals surface area contributed by atoms with Crippen molar-refractivity contribution in [3.63, 3.8) is 0 Å². The molecule has 0 aliphatic rings. The summed E-state index contributed by atoms with van der Waals surface area (Å²) in [5.74, 6) is 1.69. The smallest absolute Gasteiger partial charge is 0.307 e. The molecule has 0 saturated heterocycles. The Morgan fingerprint density at radius 1 is 0.958 bits per heavy atom. The number of rotatable bonds is 14. The first-order valence-electron chi connectivity index (χ1n) is 15.4. The van der Waals surface area contributed by atoms with Gasteiger partial charge < -0.3 is 23.7 Å². The first-order valence-corrected chi connectivity index (χ1v) is 16.2. The first kappa shape index (κ1) is 32.3. The second kappa shape index (κ2) is 14.8. The summed E-state index contributed by atoms with van der Waals surface area (Å²) in [6.07, 6.45) is 6.71. The maximum absolute atomic E-state index is 11.1. The molecule has 0 saturated carbocycles. The molecule has 244 valence electrons. The van der Waals surface area contributed by atoms with Gasteiger partial charge in [0.2, 0.25) is 11.8 Å². The van der Waals surface area contributed by atoms with Gasteiger partial charge >= 0.3 is 5.97 Å². The van der Waals surface area contributed by atoms with E-state index < -0.39 is 5.97 Å². The lowest BCUT2D eigenvalue weighted by atomic mass is 10.1. The van der Waals surface area contributed by atoms with Crippen molar-refractivity contribution in [2.24, 2.45) is 0 Å². The average Bonchev–Trinajstić information content (AvgIpc) is 3.84. The van der Waals surface area contributed by atoms with Gasteiger partial charge in [0.1, 0.15) is 24.7 Å². The van der Waals surface area contributed by atoms with Gasteiger partial charge in [-0.1, -0.05) is 43.3 Å². The van der Waals surface area contributed by atoms with Crippen molar-refractivity contribution >= 4 is 29.5 Å². The van der Waals surface area contributed by atoms with Crippen LogP contribution in [0, 0.1) is 6.92 Å². The lowest BCUT2D eigenvalue weighted by Gasteiger charge is -2.12. The summed E-state index contributed by atoms with van der Waals surface area (Å²) in [7, 11) is 1.59. The number of carbonyl (C=O) groups is 1. The third kappa shape index (κ3) is 7.81. The van der Waals surface area contributed by atoms with Gasteiger partial charge in [-0.3, -0.25) is 4.79 Å². The highest BCUT2D eigenvalue weighted by Crippen LogP contribution is 2.31. The monoisotopic (exact) mass is 662 g/mol. The highest BCUT2D eigenvalue weighted by Gasteiger charge is 2.16. The zero-order chi connectivity index (χ0) is 33.5. The van der Waals surface area contributed by atoms with Crippen LogP contribution < -0.4 is 14.2 Å². The highest BCUT2D eigenvalue weighted by atomic mass is 32.1. The molecule has 0 amide bonds. The van der Waals surface area contributed by atoms with Gasteiger partial charge in [0, 0.05) is 17.1 Å². The molecule has 0 bridgehead atoms. The molecular weight excluding hydrogens is 628 g/mol. The Labute approximate surface area is 281 Å². The van der Waals surface area contributed by atoms with Crippen molar-refractivity contribution in [2.75, 3.05) is 7.11 Å². The van der Waals surface area contributed by atoms with Gasteiger partial charge in [-0.05, 0) is 73.0 Å². The molecule has 0 aliphatic heterocycles. The highest BCUT2D eigenvalue weighted by molar-refractivity contribution is 7.09. The molecule has 6 rings (SSSR count). The molecule has 0 fully saturated rings. The van der Waals surface area contributed by atoms with Crippen LogP contribution in [0.25, 0.3) is 29.3 Å². The molecule has 10 nitrogen and oxygen atoms in total. The number of carboxylic acid groups (broad SMARTS) is 1. The van der Waals surface area contributed by atoms with E-state index in [0.29, 0.717) is 45.9 Å². The lowest BCUT2D eigenvalue weighted by molar-refractivity contribution is -0.136. The Hall–Kier alpha value is -5.68. The van der Waals surface area contributed by atoms with Crippen LogP contribution in [-0.2, 0) is 30.8 Å². The fraction of sp³-hybridized carbons (Fsp3) is 0.189. The van der Waals surface area contributed by atoms with E-state index in [-0.39, 0.29) is 19.6 Å². The lowest BCUT2D eigenvalue weighted by Crippen LogP contribution is -2.02. The van der Waals surface area contributed by atoms with Crippen molar-refractivity contribution < 1.29 is 28.5 Å². The molecule has 0 radical (unpaired) electrons. The quantitative estimate of drug-likeness (QED) is 0.124. The zero-order valence-electron chi connectivity index (χ0n) is 26.8. The maximum atomic E-state index is 11.1. The Kier molecular flexibility index (Phi) is 9.96. The second-order valence-corrected chi connectivity index (χ2v) is 11.8. The number of carboxylic acids is 1. The molecule has 0 unspecified atom stereocenters. The minimum atomic E-state index is -0.898. The summed E-state index contributed by atoms with van der Waals surface area (Å²) in [5.41, 5.74) is 5.52.